The van der Waals surface area contributed by atoms with Crippen molar-refractivity contribution in [3.05, 3.63) is 217 Å². The van der Waals surface area contributed by atoms with Crippen LogP contribution in [-0.4, -0.2) is 16.1 Å². The summed E-state index contributed by atoms with van der Waals surface area (Å²) in [5.41, 5.74) is 10.0. The molecule has 1 aliphatic heterocycles. The highest BCUT2D eigenvalue weighted by molar-refractivity contribution is 6.25. The first kappa shape index (κ1) is 35.7. The predicted molar refractivity (Wildman–Crippen MR) is 266 cm³/mol. The molecule has 3 heterocycles. The first-order valence-corrected chi connectivity index (χ1v) is 21.8. The van der Waals surface area contributed by atoms with Crippen molar-refractivity contribution < 1.29 is 4.42 Å². The number of amidine groups is 1. The van der Waals surface area contributed by atoms with Crippen molar-refractivity contribution >= 4 is 104 Å². The summed E-state index contributed by atoms with van der Waals surface area (Å²) in [4.78, 5) is 11.3. The quantitative estimate of drug-likeness (QED) is 0.175. The van der Waals surface area contributed by atoms with Crippen molar-refractivity contribution in [3.63, 3.8) is 0 Å². The van der Waals surface area contributed by atoms with Gasteiger partial charge in [-0.15, -0.1) is 0 Å². The smallest absolute Gasteiger partial charge is 0.160 e. The van der Waals surface area contributed by atoms with Crippen LogP contribution >= 0.6 is 0 Å². The summed E-state index contributed by atoms with van der Waals surface area (Å²) in [5.74, 6) is 0.712. The average molecular weight is 806 g/mol. The summed E-state index contributed by atoms with van der Waals surface area (Å²) < 4.78 is 9.31. The first-order valence-electron chi connectivity index (χ1n) is 21.8. The maximum Gasteiger partial charge on any atom is 0.160 e. The second kappa shape index (κ2) is 14.0. The molecule has 0 N–H and O–H groups in total. The van der Waals surface area contributed by atoms with E-state index >= 15 is 0 Å². The molecule has 0 radical (unpaired) electrons. The molecule has 4 nitrogen and oxygen atoms in total. The number of allylic oxidation sites excluding steroid dienone is 1. The number of para-hydroxylation sites is 1. The van der Waals surface area contributed by atoms with Crippen molar-refractivity contribution in [2.24, 2.45) is 15.9 Å². The van der Waals surface area contributed by atoms with Gasteiger partial charge in [0.2, 0.25) is 0 Å². The van der Waals surface area contributed by atoms with Gasteiger partial charge < -0.3 is 8.98 Å². The molecule has 0 fully saturated rings. The lowest BCUT2D eigenvalue weighted by Gasteiger charge is -2.20. The fraction of sp³-hybridized carbons (Fsp3) is 0.0508. The van der Waals surface area contributed by atoms with Gasteiger partial charge in [0.05, 0.1) is 28.1 Å². The lowest BCUT2D eigenvalue weighted by molar-refractivity contribution is 0.668. The van der Waals surface area contributed by atoms with Crippen molar-refractivity contribution in [1.82, 2.24) is 4.57 Å². The van der Waals surface area contributed by atoms with E-state index in [9.17, 15) is 0 Å². The molecule has 296 valence electrons. The highest BCUT2D eigenvalue weighted by atomic mass is 16.3. The molecule has 10 aromatic carbocycles. The fourth-order valence-corrected chi connectivity index (χ4v) is 10.0. The predicted octanol–water partition coefficient (Wildman–Crippen LogP) is 15.6. The molecule has 1 aliphatic rings. The SMILES string of the molecule is CC1C/C=C(c2ccc3ccccc3c2)/N=C(c2ccc3ccccc3c2)\N=C/1c1cc(-n2c3cc4ccccc4cc3c3ccc4ccccc4c32)cc2oc3ccccc3c12. The number of aromatic nitrogens is 1. The molecule has 0 bridgehead atoms. The molecule has 13 rings (SSSR count). The summed E-state index contributed by atoms with van der Waals surface area (Å²) in [6.07, 6.45) is 3.06. The van der Waals surface area contributed by atoms with Gasteiger partial charge in [-0.05, 0) is 80.5 Å². The second-order valence-corrected chi connectivity index (χ2v) is 17.0. The number of nitrogens with zero attached hydrogens (tertiary/aromatic N) is 3. The summed E-state index contributed by atoms with van der Waals surface area (Å²) >= 11 is 0. The Morgan fingerprint density at radius 3 is 1.84 bits per heavy atom. The Morgan fingerprint density at radius 1 is 0.476 bits per heavy atom. The molecule has 0 aliphatic carbocycles. The van der Waals surface area contributed by atoms with E-state index in [0.29, 0.717) is 5.84 Å². The van der Waals surface area contributed by atoms with E-state index in [2.05, 4.69) is 212 Å². The van der Waals surface area contributed by atoms with E-state index < -0.39 is 0 Å². The van der Waals surface area contributed by atoms with E-state index in [1.54, 1.807) is 0 Å². The van der Waals surface area contributed by atoms with Gasteiger partial charge in [0.15, 0.2) is 5.84 Å². The number of hydrogen-bond acceptors (Lipinski definition) is 3. The number of fused-ring (bicyclic) bond motifs is 11. The Bertz CT molecular complexity index is 3970. The number of benzene rings is 10. The highest BCUT2D eigenvalue weighted by Gasteiger charge is 2.25. The van der Waals surface area contributed by atoms with Crippen LogP contribution in [0.5, 0.6) is 0 Å². The van der Waals surface area contributed by atoms with Crippen molar-refractivity contribution in [1.29, 1.82) is 0 Å². The lowest BCUT2D eigenvalue weighted by atomic mass is 9.90. The zero-order valence-electron chi connectivity index (χ0n) is 34.6. The Balaban J connectivity index is 1.11. The van der Waals surface area contributed by atoms with Gasteiger partial charge in [-0.2, -0.15) is 0 Å². The van der Waals surface area contributed by atoms with Gasteiger partial charge in [0, 0.05) is 55.6 Å². The normalized spacial score (nSPS) is 17.3. The largest absolute Gasteiger partial charge is 0.456 e. The third-order valence-electron chi connectivity index (χ3n) is 13.2. The van der Waals surface area contributed by atoms with Crippen LogP contribution in [-0.2, 0) is 0 Å². The minimum absolute atomic E-state index is 0.0291. The van der Waals surface area contributed by atoms with Crippen molar-refractivity contribution in [2.75, 3.05) is 0 Å². The Hall–Kier alpha value is -8.08. The van der Waals surface area contributed by atoms with E-state index in [0.717, 1.165) is 73.0 Å². The summed E-state index contributed by atoms with van der Waals surface area (Å²) in [5, 5.41) is 14.1. The van der Waals surface area contributed by atoms with E-state index in [1.165, 1.54) is 54.0 Å². The van der Waals surface area contributed by atoms with Gasteiger partial charge in [0.25, 0.3) is 0 Å². The zero-order chi connectivity index (χ0) is 41.6. The van der Waals surface area contributed by atoms with Gasteiger partial charge >= 0.3 is 0 Å². The number of rotatable bonds is 4. The molecular formula is C59H39N3O. The van der Waals surface area contributed by atoms with E-state index in [4.69, 9.17) is 14.4 Å². The molecule has 4 heteroatoms. The molecule has 1 unspecified atom stereocenters. The lowest BCUT2D eigenvalue weighted by Crippen LogP contribution is -2.18. The van der Waals surface area contributed by atoms with Crippen LogP contribution in [0.3, 0.4) is 0 Å². The Labute approximate surface area is 363 Å². The Morgan fingerprint density at radius 2 is 1.08 bits per heavy atom. The maximum absolute atomic E-state index is 6.85. The monoisotopic (exact) mass is 805 g/mol. The topological polar surface area (TPSA) is 42.8 Å². The second-order valence-electron chi connectivity index (χ2n) is 17.0. The molecule has 63 heavy (non-hydrogen) atoms. The number of hydrogen-bond donors (Lipinski definition) is 0. The average Bonchev–Trinajstić information content (AvgIpc) is 3.87. The summed E-state index contributed by atoms with van der Waals surface area (Å²) in [6.45, 7) is 2.30. The van der Waals surface area contributed by atoms with Crippen LogP contribution in [0, 0.1) is 5.92 Å². The van der Waals surface area contributed by atoms with Crippen LogP contribution in [0.25, 0.3) is 98.2 Å². The van der Waals surface area contributed by atoms with Crippen molar-refractivity contribution in [2.45, 2.75) is 13.3 Å². The zero-order valence-corrected chi connectivity index (χ0v) is 34.6. The molecule has 12 aromatic rings. The fourth-order valence-electron chi connectivity index (χ4n) is 10.0. The van der Waals surface area contributed by atoms with Crippen LogP contribution in [0.4, 0.5) is 0 Å². The third kappa shape index (κ3) is 5.76. The summed E-state index contributed by atoms with van der Waals surface area (Å²) in [6, 6.07) is 69.9. The van der Waals surface area contributed by atoms with Crippen LogP contribution < -0.4 is 0 Å². The molecule has 1 atom stereocenters. The van der Waals surface area contributed by atoms with E-state index in [-0.39, 0.29) is 5.92 Å². The highest BCUT2D eigenvalue weighted by Crippen LogP contribution is 2.42. The number of furan rings is 1. The first-order chi connectivity index (χ1) is 31.1. The van der Waals surface area contributed by atoms with Crippen LogP contribution in [0.1, 0.15) is 30.0 Å². The van der Waals surface area contributed by atoms with Gasteiger partial charge in [-0.25, -0.2) is 9.98 Å². The molecule has 2 aromatic heterocycles. The maximum atomic E-state index is 6.85. The standard InChI is InChI=1S/C59H39N3O/c1-36-22-29-52(44-25-23-37-12-2-4-15-40(37)30-44)60-59(45-26-24-38-13-3-5-16-41(38)31-45)61-57(36)51-34-46(35-55-56(51)49-20-10-11-21-54(49)63-55)62-53-33-43-18-7-6-17-42(43)32-50(53)48-28-27-39-14-8-9-19-47(39)58(48)62/h2-21,23-36H,22H2,1H3/b52-29+,60-59-,61-57+. The molecule has 0 saturated carbocycles. The van der Waals surface area contributed by atoms with Crippen LogP contribution in [0.15, 0.2) is 215 Å². The number of aliphatic imine (C=N–C) groups is 2. The molecular weight excluding hydrogens is 767 g/mol. The minimum atomic E-state index is 0.0291. The molecule has 0 spiro atoms. The minimum Gasteiger partial charge on any atom is -0.456 e. The van der Waals surface area contributed by atoms with Crippen LogP contribution in [0.2, 0.25) is 0 Å². The molecule has 0 saturated heterocycles. The van der Waals surface area contributed by atoms with Crippen molar-refractivity contribution in [3.8, 4) is 5.69 Å². The van der Waals surface area contributed by atoms with Gasteiger partial charge in [0.1, 0.15) is 11.2 Å². The third-order valence-corrected chi connectivity index (χ3v) is 13.2. The van der Waals surface area contributed by atoms with E-state index in [1.807, 2.05) is 0 Å². The summed E-state index contributed by atoms with van der Waals surface area (Å²) in [7, 11) is 0. The Kier molecular flexibility index (Phi) is 7.91. The van der Waals surface area contributed by atoms with Gasteiger partial charge in [-0.3, -0.25) is 0 Å². The van der Waals surface area contributed by atoms with Gasteiger partial charge in [-0.1, -0.05) is 165 Å². The molecule has 0 amide bonds.